The van der Waals surface area contributed by atoms with E-state index in [0.717, 1.165) is 0 Å². The summed E-state index contributed by atoms with van der Waals surface area (Å²) in [4.78, 5) is 9.39. The number of fused-ring (bicyclic) bond motifs is 1. The monoisotopic (exact) mass is 402 g/mol. The van der Waals surface area contributed by atoms with Gasteiger partial charge in [-0.2, -0.15) is 0 Å². The van der Waals surface area contributed by atoms with Gasteiger partial charge in [0.25, 0.3) is 8.32 Å². The Hall–Kier alpha value is -1.98. The zero-order valence-corrected chi connectivity index (χ0v) is 18.1. The molecule has 0 spiro atoms. The van der Waals surface area contributed by atoms with E-state index in [1.165, 1.54) is 6.07 Å². The molecule has 0 saturated heterocycles. The summed E-state index contributed by atoms with van der Waals surface area (Å²) in [5.74, 6) is 0.243. The Morgan fingerprint density at radius 3 is 2.44 bits per heavy atom. The van der Waals surface area contributed by atoms with Gasteiger partial charge in [0.1, 0.15) is 12.4 Å². The number of aliphatic imine (C=N–C) groups is 2. The Morgan fingerprint density at radius 2 is 1.78 bits per heavy atom. The van der Waals surface area contributed by atoms with E-state index in [2.05, 4.69) is 38.9 Å². The zero-order valence-electron chi connectivity index (χ0n) is 16.3. The summed E-state index contributed by atoms with van der Waals surface area (Å²) in [5.41, 5.74) is 2.38. The van der Waals surface area contributed by atoms with E-state index < -0.39 is 8.32 Å². The maximum absolute atomic E-state index is 14.5. The third kappa shape index (κ3) is 4.14. The minimum Gasteiger partial charge on any atom is -0.532 e. The first-order chi connectivity index (χ1) is 12.6. The fourth-order valence-electron chi connectivity index (χ4n) is 2.58. The van der Waals surface area contributed by atoms with Gasteiger partial charge in [-0.1, -0.05) is 44.5 Å². The lowest BCUT2D eigenvalue weighted by Crippen LogP contribution is -2.43. The van der Waals surface area contributed by atoms with E-state index in [9.17, 15) is 4.39 Å². The average Bonchev–Trinajstić information content (AvgIpc) is 2.73. The highest BCUT2D eigenvalue weighted by Crippen LogP contribution is 2.37. The van der Waals surface area contributed by atoms with Crippen LogP contribution in [0.5, 0.6) is 0 Å². The predicted molar refractivity (Wildman–Crippen MR) is 114 cm³/mol. The van der Waals surface area contributed by atoms with Crippen LogP contribution in [0.25, 0.3) is 0 Å². The summed E-state index contributed by atoms with van der Waals surface area (Å²) < 4.78 is 20.8. The Kier molecular flexibility index (Phi) is 5.28. The molecule has 2 aromatic carbocycles. The molecule has 6 heteroatoms. The molecule has 0 amide bonds. The van der Waals surface area contributed by atoms with Gasteiger partial charge in [-0.05, 0) is 48.5 Å². The van der Waals surface area contributed by atoms with Crippen molar-refractivity contribution in [1.82, 2.24) is 0 Å². The van der Waals surface area contributed by atoms with Crippen LogP contribution in [0.15, 0.2) is 52.4 Å². The molecule has 0 radical (unpaired) electrons. The van der Waals surface area contributed by atoms with Gasteiger partial charge in [-0.25, -0.2) is 9.38 Å². The predicted octanol–water partition coefficient (Wildman–Crippen LogP) is 6.38. The molecule has 0 fully saturated rings. The normalized spacial score (nSPS) is 14.8. The lowest BCUT2D eigenvalue weighted by Gasteiger charge is -2.36. The summed E-state index contributed by atoms with van der Waals surface area (Å²) in [6.45, 7) is 11.1. The van der Waals surface area contributed by atoms with Crippen molar-refractivity contribution < 1.29 is 8.82 Å². The molecule has 0 N–H and O–H groups in total. The van der Waals surface area contributed by atoms with E-state index in [-0.39, 0.29) is 17.4 Å². The number of benzene rings is 2. The summed E-state index contributed by atoms with van der Waals surface area (Å²) >= 11 is 6.20. The Labute approximate surface area is 166 Å². The number of rotatable bonds is 2. The topological polar surface area (TPSA) is 34.0 Å². The Balaban J connectivity index is 2.09. The van der Waals surface area contributed by atoms with Crippen LogP contribution in [0.4, 0.5) is 10.1 Å². The van der Waals surface area contributed by atoms with Gasteiger partial charge in [0.05, 0.1) is 11.4 Å². The lowest BCUT2D eigenvalue weighted by atomic mass is 10.0. The molecular formula is C21H24ClFN2OSi. The average molecular weight is 403 g/mol. The van der Waals surface area contributed by atoms with Gasteiger partial charge in [-0.15, -0.1) is 0 Å². The van der Waals surface area contributed by atoms with Gasteiger partial charge in [0.2, 0.25) is 0 Å². The minimum atomic E-state index is -2.06. The SMILES string of the molecule is CC(C)(C)[Si](C)(C)OC1=Nc2ccc(Cl)cc2C(c2ccccc2F)=NC1. The van der Waals surface area contributed by atoms with Crippen LogP contribution in [0.1, 0.15) is 31.9 Å². The fraction of sp³-hybridized carbons (Fsp3) is 0.333. The van der Waals surface area contributed by atoms with Crippen LogP contribution in [-0.4, -0.2) is 26.5 Å². The van der Waals surface area contributed by atoms with Crippen molar-refractivity contribution in [3.05, 3.63) is 64.4 Å². The van der Waals surface area contributed by atoms with Crippen molar-refractivity contribution in [2.24, 2.45) is 9.98 Å². The zero-order chi connectivity index (χ0) is 19.8. The molecule has 0 bridgehead atoms. The molecule has 3 nitrogen and oxygen atoms in total. The number of hydrogen-bond acceptors (Lipinski definition) is 3. The van der Waals surface area contributed by atoms with E-state index in [4.69, 9.17) is 21.0 Å². The van der Waals surface area contributed by atoms with Gasteiger partial charge < -0.3 is 4.43 Å². The summed E-state index contributed by atoms with van der Waals surface area (Å²) in [6, 6.07) is 12.0. The first kappa shape index (κ1) is 19.8. The molecule has 0 aromatic heterocycles. The molecule has 1 aliphatic heterocycles. The fourth-order valence-corrected chi connectivity index (χ4v) is 3.76. The van der Waals surface area contributed by atoms with Crippen LogP contribution >= 0.6 is 11.6 Å². The second kappa shape index (κ2) is 7.21. The van der Waals surface area contributed by atoms with Crippen LogP contribution < -0.4 is 0 Å². The van der Waals surface area contributed by atoms with E-state index in [1.54, 1.807) is 30.3 Å². The maximum Gasteiger partial charge on any atom is 0.252 e. The number of hydrogen-bond donors (Lipinski definition) is 0. The van der Waals surface area contributed by atoms with Crippen molar-refractivity contribution in [3.8, 4) is 0 Å². The molecule has 0 aliphatic carbocycles. The van der Waals surface area contributed by atoms with Crippen molar-refractivity contribution in [3.63, 3.8) is 0 Å². The smallest absolute Gasteiger partial charge is 0.252 e. The Morgan fingerprint density at radius 1 is 1.07 bits per heavy atom. The van der Waals surface area contributed by atoms with E-state index in [0.29, 0.717) is 33.4 Å². The summed E-state index contributed by atoms with van der Waals surface area (Å²) in [6.07, 6.45) is 0. The van der Waals surface area contributed by atoms with Gasteiger partial charge in [-0.3, -0.25) is 4.99 Å². The highest BCUT2D eigenvalue weighted by Gasteiger charge is 2.40. The van der Waals surface area contributed by atoms with Crippen molar-refractivity contribution >= 4 is 37.2 Å². The molecule has 0 saturated carbocycles. The molecule has 27 heavy (non-hydrogen) atoms. The van der Waals surface area contributed by atoms with Crippen molar-refractivity contribution in [2.75, 3.05) is 6.54 Å². The second-order valence-electron chi connectivity index (χ2n) is 8.17. The molecule has 3 rings (SSSR count). The number of nitrogens with zero attached hydrogens (tertiary/aromatic N) is 2. The maximum atomic E-state index is 14.5. The molecule has 2 aromatic rings. The third-order valence-electron chi connectivity index (χ3n) is 5.14. The van der Waals surface area contributed by atoms with Crippen LogP contribution in [0.3, 0.4) is 0 Å². The van der Waals surface area contributed by atoms with Gasteiger partial charge in [0, 0.05) is 16.1 Å². The largest absolute Gasteiger partial charge is 0.532 e. The second-order valence-corrected chi connectivity index (χ2v) is 13.3. The molecule has 0 atom stereocenters. The first-order valence-electron chi connectivity index (χ1n) is 8.94. The number of halogens is 2. The molecular weight excluding hydrogens is 379 g/mol. The van der Waals surface area contributed by atoms with Gasteiger partial charge >= 0.3 is 0 Å². The molecule has 142 valence electrons. The summed E-state index contributed by atoms with van der Waals surface area (Å²) in [7, 11) is -2.06. The molecule has 0 unspecified atom stereocenters. The highest BCUT2D eigenvalue weighted by molar-refractivity contribution is 6.75. The molecule has 1 aliphatic rings. The quantitative estimate of drug-likeness (QED) is 0.536. The third-order valence-corrected chi connectivity index (χ3v) is 9.73. The molecule has 1 heterocycles. The summed E-state index contributed by atoms with van der Waals surface area (Å²) in [5, 5.41) is 0.602. The van der Waals surface area contributed by atoms with Crippen molar-refractivity contribution in [1.29, 1.82) is 0 Å². The first-order valence-corrected chi connectivity index (χ1v) is 12.2. The van der Waals surface area contributed by atoms with E-state index >= 15 is 0 Å². The van der Waals surface area contributed by atoms with E-state index in [1.807, 2.05) is 6.07 Å². The van der Waals surface area contributed by atoms with Crippen LogP contribution in [-0.2, 0) is 4.43 Å². The van der Waals surface area contributed by atoms with Crippen LogP contribution in [0, 0.1) is 5.82 Å². The minimum absolute atomic E-state index is 0.0444. The van der Waals surface area contributed by atoms with Crippen molar-refractivity contribution in [2.45, 2.75) is 38.9 Å². The Bertz CT molecular complexity index is 932. The van der Waals surface area contributed by atoms with Gasteiger partial charge in [0.15, 0.2) is 5.90 Å². The van der Waals surface area contributed by atoms with Crippen LogP contribution in [0.2, 0.25) is 23.2 Å². The lowest BCUT2D eigenvalue weighted by molar-refractivity contribution is 0.479. The highest BCUT2D eigenvalue weighted by atomic mass is 35.5. The standard InChI is InChI=1S/C21H24ClFN2OSi/c1-21(2,3)27(4,5)26-19-13-24-20(15-8-6-7-9-17(15)23)16-12-14(22)10-11-18(16)25-19/h6-12H,13H2,1-5H3.